The number of aliphatic imine (C=N–C) groups is 1. The summed E-state index contributed by atoms with van der Waals surface area (Å²) in [6.45, 7) is 1.83. The van der Waals surface area contributed by atoms with Gasteiger partial charge in [-0.15, -0.1) is 0 Å². The van der Waals surface area contributed by atoms with Gasteiger partial charge in [-0.3, -0.25) is 14.6 Å². The van der Waals surface area contributed by atoms with Gasteiger partial charge in [-0.05, 0) is 54.7 Å². The number of ketones is 1. The van der Waals surface area contributed by atoms with Gasteiger partial charge in [0.15, 0.2) is 17.3 Å². The van der Waals surface area contributed by atoms with Crippen molar-refractivity contribution in [3.05, 3.63) is 69.3 Å². The molecule has 33 heavy (non-hydrogen) atoms. The number of carbonyl (C=O) groups excluding carboxylic acids is 2. The van der Waals surface area contributed by atoms with Crippen molar-refractivity contribution < 1.29 is 23.8 Å². The maximum absolute atomic E-state index is 13.6. The first-order valence-corrected chi connectivity index (χ1v) is 11.5. The van der Waals surface area contributed by atoms with Crippen LogP contribution in [0.5, 0.6) is 11.5 Å². The zero-order valence-electron chi connectivity index (χ0n) is 19.1. The Balaban J connectivity index is 1.79. The molecular weight excluding hydrogens is 486 g/mol. The number of ether oxygens (including phenoxy) is 3. The Morgan fingerprint density at radius 2 is 1.76 bits per heavy atom. The average Bonchev–Trinajstić information content (AvgIpc) is 2.82. The molecule has 1 unspecified atom stereocenters. The second kappa shape index (κ2) is 9.51. The van der Waals surface area contributed by atoms with Gasteiger partial charge in [0, 0.05) is 33.8 Å². The zero-order valence-corrected chi connectivity index (χ0v) is 20.6. The number of esters is 1. The van der Waals surface area contributed by atoms with E-state index < -0.39 is 11.8 Å². The summed E-state index contributed by atoms with van der Waals surface area (Å²) in [4.78, 5) is 31.1. The number of halogens is 1. The van der Waals surface area contributed by atoms with Crippen LogP contribution in [-0.4, -0.2) is 38.8 Å². The lowest BCUT2D eigenvalue weighted by Gasteiger charge is -2.36. The van der Waals surface area contributed by atoms with E-state index in [0.717, 1.165) is 21.3 Å². The van der Waals surface area contributed by atoms with Crippen LogP contribution in [0.3, 0.4) is 0 Å². The predicted molar refractivity (Wildman–Crippen MR) is 129 cm³/mol. The molecule has 2 aromatic rings. The van der Waals surface area contributed by atoms with E-state index in [1.54, 1.807) is 14.2 Å². The number of rotatable bonds is 5. The summed E-state index contributed by atoms with van der Waals surface area (Å²) in [6, 6.07) is 13.5. The second-order valence-electron chi connectivity index (χ2n) is 8.29. The highest BCUT2D eigenvalue weighted by atomic mass is 79.9. The fourth-order valence-electron chi connectivity index (χ4n) is 4.89. The number of carbonyl (C=O) groups is 2. The van der Waals surface area contributed by atoms with Crippen molar-refractivity contribution in [3.63, 3.8) is 0 Å². The molecule has 0 saturated heterocycles. The van der Waals surface area contributed by atoms with Gasteiger partial charge in [-0.1, -0.05) is 34.1 Å². The normalized spacial score (nSPS) is 22.4. The van der Waals surface area contributed by atoms with Crippen molar-refractivity contribution in [1.82, 2.24) is 0 Å². The Kier molecular flexibility index (Phi) is 6.70. The minimum atomic E-state index is -0.635. The van der Waals surface area contributed by atoms with Crippen molar-refractivity contribution in [3.8, 4) is 11.5 Å². The van der Waals surface area contributed by atoms with Gasteiger partial charge in [0.05, 0.1) is 21.3 Å². The fraction of sp³-hybridized carbons (Fsp3) is 0.346. The van der Waals surface area contributed by atoms with E-state index in [1.165, 1.54) is 7.11 Å². The molecule has 6 nitrogen and oxygen atoms in total. The van der Waals surface area contributed by atoms with E-state index >= 15 is 0 Å². The smallest absolute Gasteiger partial charge is 0.315 e. The first kappa shape index (κ1) is 23.2. The standard InChI is InChI=1S/C26H26BrNO5/c1-14-23(26(30)33-4)24(16-6-5-7-18(27)10-16)25-19(28-14)11-17(12-20(25)29)15-8-9-21(31-2)22(13-15)32-3/h5-10,13,17,23-24H,11-12H2,1-4H3/t17-,23?,24+/m1/s1. The number of nitrogens with zero attached hydrogens (tertiary/aromatic N) is 1. The Hall–Kier alpha value is -2.93. The van der Waals surface area contributed by atoms with E-state index in [2.05, 4.69) is 15.9 Å². The lowest BCUT2D eigenvalue weighted by atomic mass is 9.69. The van der Waals surface area contributed by atoms with Crippen LogP contribution in [0.15, 0.2) is 63.2 Å². The Bertz CT molecular complexity index is 1170. The molecule has 1 heterocycles. The number of hydrogen-bond acceptors (Lipinski definition) is 6. The van der Waals surface area contributed by atoms with E-state index in [9.17, 15) is 9.59 Å². The van der Waals surface area contributed by atoms with E-state index in [1.807, 2.05) is 49.4 Å². The van der Waals surface area contributed by atoms with Crippen LogP contribution in [-0.2, 0) is 14.3 Å². The Morgan fingerprint density at radius 1 is 1.00 bits per heavy atom. The molecule has 0 spiro atoms. The highest BCUT2D eigenvalue weighted by molar-refractivity contribution is 9.10. The van der Waals surface area contributed by atoms with Crippen molar-refractivity contribution in [1.29, 1.82) is 0 Å². The topological polar surface area (TPSA) is 74.2 Å². The van der Waals surface area contributed by atoms with Gasteiger partial charge < -0.3 is 14.2 Å². The summed E-state index contributed by atoms with van der Waals surface area (Å²) in [5, 5.41) is 0. The van der Waals surface area contributed by atoms with Crippen molar-refractivity contribution in [2.45, 2.75) is 31.6 Å². The van der Waals surface area contributed by atoms with E-state index in [0.29, 0.717) is 35.6 Å². The molecule has 7 heteroatoms. The van der Waals surface area contributed by atoms with Crippen LogP contribution >= 0.6 is 15.9 Å². The van der Waals surface area contributed by atoms with Gasteiger partial charge in [0.25, 0.3) is 0 Å². The highest BCUT2D eigenvalue weighted by Gasteiger charge is 2.44. The molecule has 0 N–H and O–H groups in total. The summed E-state index contributed by atoms with van der Waals surface area (Å²) in [5.74, 6) is -0.209. The molecule has 0 saturated carbocycles. The molecule has 0 radical (unpaired) electrons. The summed E-state index contributed by atoms with van der Waals surface area (Å²) >= 11 is 3.52. The van der Waals surface area contributed by atoms with Crippen LogP contribution in [0.4, 0.5) is 0 Å². The summed E-state index contributed by atoms with van der Waals surface area (Å²) in [7, 11) is 4.56. The molecule has 3 atom stereocenters. The number of Topliss-reactive ketones (excluding diaryl/α,β-unsaturated/α-hetero) is 1. The highest BCUT2D eigenvalue weighted by Crippen LogP contribution is 2.47. The molecule has 1 aliphatic heterocycles. The summed E-state index contributed by atoms with van der Waals surface area (Å²) in [5.41, 5.74) is 3.90. The third-order valence-corrected chi connectivity index (χ3v) is 6.92. The first-order chi connectivity index (χ1) is 15.9. The second-order valence-corrected chi connectivity index (χ2v) is 9.21. The van der Waals surface area contributed by atoms with Gasteiger partial charge >= 0.3 is 5.97 Å². The Morgan fingerprint density at radius 3 is 2.42 bits per heavy atom. The van der Waals surface area contributed by atoms with Gasteiger partial charge in [0.1, 0.15) is 5.92 Å². The van der Waals surface area contributed by atoms with Gasteiger partial charge in [-0.25, -0.2) is 0 Å². The SMILES string of the molecule is COC(=O)C1C(C)=NC2=C(C(=O)C[C@H](c3ccc(OC)c(OC)c3)C2)[C@H]1c1cccc(Br)c1. The number of methoxy groups -OCH3 is 3. The van der Waals surface area contributed by atoms with Gasteiger partial charge in [-0.2, -0.15) is 0 Å². The minimum absolute atomic E-state index is 0.00571. The van der Waals surface area contributed by atoms with Crippen LogP contribution < -0.4 is 9.47 Å². The molecule has 0 aromatic heterocycles. The molecule has 0 amide bonds. The number of benzene rings is 2. The van der Waals surface area contributed by atoms with Crippen molar-refractivity contribution in [2.24, 2.45) is 10.9 Å². The molecule has 0 fully saturated rings. The van der Waals surface area contributed by atoms with Crippen LogP contribution in [0.1, 0.15) is 42.7 Å². The number of allylic oxidation sites excluding steroid dienone is 2. The van der Waals surface area contributed by atoms with Crippen LogP contribution in [0.25, 0.3) is 0 Å². The molecule has 4 rings (SSSR count). The molecule has 172 valence electrons. The zero-order chi connectivity index (χ0) is 23.7. The lowest BCUT2D eigenvalue weighted by Crippen LogP contribution is -2.37. The fourth-order valence-corrected chi connectivity index (χ4v) is 5.31. The van der Waals surface area contributed by atoms with E-state index in [-0.39, 0.29) is 17.7 Å². The average molecular weight is 512 g/mol. The van der Waals surface area contributed by atoms with Crippen molar-refractivity contribution >= 4 is 33.4 Å². The maximum atomic E-state index is 13.6. The molecule has 1 aliphatic carbocycles. The minimum Gasteiger partial charge on any atom is -0.493 e. The third-order valence-electron chi connectivity index (χ3n) is 6.43. The van der Waals surface area contributed by atoms with Gasteiger partial charge in [0.2, 0.25) is 0 Å². The molecule has 2 aromatic carbocycles. The van der Waals surface area contributed by atoms with E-state index in [4.69, 9.17) is 19.2 Å². The molecule has 0 bridgehead atoms. The van der Waals surface area contributed by atoms with Crippen molar-refractivity contribution in [2.75, 3.05) is 21.3 Å². The quantitative estimate of drug-likeness (QED) is 0.514. The monoisotopic (exact) mass is 511 g/mol. The summed E-state index contributed by atoms with van der Waals surface area (Å²) < 4.78 is 16.8. The van der Waals surface area contributed by atoms with Crippen LogP contribution in [0, 0.1) is 5.92 Å². The Labute approximate surface area is 201 Å². The third kappa shape index (κ3) is 4.34. The maximum Gasteiger partial charge on any atom is 0.315 e. The van der Waals surface area contributed by atoms with Crippen LogP contribution in [0.2, 0.25) is 0 Å². The molecule has 2 aliphatic rings. The molecular formula is C26H26BrNO5. The lowest BCUT2D eigenvalue weighted by molar-refractivity contribution is -0.143. The largest absolute Gasteiger partial charge is 0.493 e. The first-order valence-electron chi connectivity index (χ1n) is 10.7. The number of hydrogen-bond donors (Lipinski definition) is 0. The predicted octanol–water partition coefficient (Wildman–Crippen LogP) is 5.21. The summed E-state index contributed by atoms with van der Waals surface area (Å²) in [6.07, 6.45) is 0.938.